The normalized spacial score (nSPS) is 14.0. The molecule has 0 heterocycles. The Morgan fingerprint density at radius 3 is 2.05 bits per heavy atom. The van der Waals surface area contributed by atoms with Crippen LogP contribution in [0.2, 0.25) is 0 Å². The molecule has 0 aliphatic rings. The minimum absolute atomic E-state index is 0.0357. The number of rotatable bonds is 26. The molecule has 5 N–H and O–H groups in total. The van der Waals surface area contributed by atoms with Gasteiger partial charge in [0.2, 0.25) is 17.7 Å². The lowest BCUT2D eigenvalue weighted by Crippen LogP contribution is -2.57. The van der Waals surface area contributed by atoms with Gasteiger partial charge in [-0.15, -0.1) is 0 Å². The van der Waals surface area contributed by atoms with Gasteiger partial charge in [0.1, 0.15) is 18.7 Å². The number of hydrogen-bond donors (Lipinski definition) is 5. The van der Waals surface area contributed by atoms with Crippen LogP contribution in [0.1, 0.15) is 123 Å². The Balaban J connectivity index is 1.82. The number of carbonyl (C=O) groups is 4. The third-order valence-corrected chi connectivity index (χ3v) is 10.4. The molecule has 0 radical (unpaired) electrons. The average molecular weight is 773 g/mol. The highest BCUT2D eigenvalue weighted by molar-refractivity contribution is 5.92. The number of hydrogen-bond acceptors (Lipinski definition) is 6. The molecule has 3 aromatic rings. The van der Waals surface area contributed by atoms with Crippen molar-refractivity contribution < 1.29 is 29.0 Å². The van der Waals surface area contributed by atoms with Crippen LogP contribution in [0.4, 0.5) is 4.79 Å². The van der Waals surface area contributed by atoms with Crippen LogP contribution in [0, 0.1) is 11.8 Å². The molecule has 0 saturated heterocycles. The summed E-state index contributed by atoms with van der Waals surface area (Å²) in [5.74, 6) is -0.782. The minimum Gasteiger partial charge on any atom is -0.445 e. The van der Waals surface area contributed by atoms with Crippen molar-refractivity contribution in [2.24, 2.45) is 11.8 Å². The van der Waals surface area contributed by atoms with Gasteiger partial charge in [-0.2, -0.15) is 0 Å². The third-order valence-electron chi connectivity index (χ3n) is 10.4. The van der Waals surface area contributed by atoms with E-state index in [1.807, 2.05) is 86.6 Å². The molecular formula is C46H68N4O6. The Labute approximate surface area is 335 Å². The standard InChI is InChI=1S/C46H68N4O6/c1-6-8-9-10-11-12-13-17-27-39(44(53)49-40(28-33(3)4)42(51)30-43(52)47-31-34(5)7-2)48-45(54)41(50-46(55)56-32-35-21-15-14-16-22-35)29-37-25-20-24-36-23-18-19-26-38(36)37/h14-16,18-26,33-34,39-42,51H,6-13,17,27-32H2,1-5H3,(H,47,52)(H,48,54)(H,49,53)(H,50,55)/t34?,39-,40-,41-,42-/m0/s1. The lowest BCUT2D eigenvalue weighted by atomic mass is 9.95. The molecule has 0 fully saturated rings. The van der Waals surface area contributed by atoms with Crippen LogP contribution >= 0.6 is 0 Å². The summed E-state index contributed by atoms with van der Waals surface area (Å²) in [4.78, 5) is 54.4. The van der Waals surface area contributed by atoms with Gasteiger partial charge in [0.15, 0.2) is 0 Å². The predicted molar refractivity (Wildman–Crippen MR) is 225 cm³/mol. The van der Waals surface area contributed by atoms with Gasteiger partial charge in [0, 0.05) is 13.0 Å². The lowest BCUT2D eigenvalue weighted by molar-refractivity contribution is -0.131. The molecule has 0 aliphatic carbocycles. The molecule has 10 heteroatoms. The Bertz CT molecular complexity index is 1610. The fraction of sp³-hybridized carbons (Fsp3) is 0.565. The maximum absolute atomic E-state index is 14.3. The number of aliphatic hydroxyl groups is 1. The van der Waals surface area contributed by atoms with Gasteiger partial charge in [-0.05, 0) is 46.6 Å². The molecular weight excluding hydrogens is 705 g/mol. The lowest BCUT2D eigenvalue weighted by Gasteiger charge is -2.29. The van der Waals surface area contributed by atoms with Crippen molar-refractivity contribution >= 4 is 34.6 Å². The summed E-state index contributed by atoms with van der Waals surface area (Å²) in [5, 5.41) is 24.9. The molecule has 56 heavy (non-hydrogen) atoms. The van der Waals surface area contributed by atoms with Crippen LogP contribution < -0.4 is 21.3 Å². The molecule has 308 valence electrons. The van der Waals surface area contributed by atoms with E-state index in [0.29, 0.717) is 31.7 Å². The van der Waals surface area contributed by atoms with Gasteiger partial charge < -0.3 is 31.1 Å². The monoisotopic (exact) mass is 773 g/mol. The first kappa shape index (κ1) is 45.9. The fourth-order valence-corrected chi connectivity index (χ4v) is 6.77. The first-order valence-electron chi connectivity index (χ1n) is 21.0. The second kappa shape index (κ2) is 25.7. The van der Waals surface area contributed by atoms with Gasteiger partial charge in [-0.3, -0.25) is 14.4 Å². The van der Waals surface area contributed by atoms with E-state index in [-0.39, 0.29) is 31.3 Å². The van der Waals surface area contributed by atoms with Crippen molar-refractivity contribution in [1.29, 1.82) is 0 Å². The second-order valence-corrected chi connectivity index (χ2v) is 15.8. The van der Waals surface area contributed by atoms with E-state index in [2.05, 4.69) is 42.0 Å². The number of unbranched alkanes of at least 4 members (excludes halogenated alkanes) is 7. The molecule has 0 aromatic heterocycles. The van der Waals surface area contributed by atoms with Crippen LogP contribution in [-0.4, -0.2) is 59.7 Å². The number of amides is 4. The summed E-state index contributed by atoms with van der Waals surface area (Å²) in [6, 6.07) is 20.3. The number of nitrogens with one attached hydrogen (secondary N) is 4. The van der Waals surface area contributed by atoms with Crippen molar-refractivity contribution in [3.8, 4) is 0 Å². The van der Waals surface area contributed by atoms with E-state index < -0.39 is 42.1 Å². The smallest absolute Gasteiger partial charge is 0.408 e. The maximum atomic E-state index is 14.3. The van der Waals surface area contributed by atoms with Crippen LogP contribution in [0.15, 0.2) is 72.8 Å². The van der Waals surface area contributed by atoms with E-state index >= 15 is 0 Å². The van der Waals surface area contributed by atoms with Crippen LogP contribution in [-0.2, 0) is 32.1 Å². The fourth-order valence-electron chi connectivity index (χ4n) is 6.77. The summed E-state index contributed by atoms with van der Waals surface area (Å²) in [6.45, 7) is 10.8. The summed E-state index contributed by atoms with van der Waals surface area (Å²) in [7, 11) is 0. The van der Waals surface area contributed by atoms with Gasteiger partial charge in [0.25, 0.3) is 0 Å². The van der Waals surface area contributed by atoms with Crippen LogP contribution in [0.5, 0.6) is 0 Å². The van der Waals surface area contributed by atoms with E-state index in [9.17, 15) is 24.3 Å². The zero-order valence-corrected chi connectivity index (χ0v) is 34.5. The van der Waals surface area contributed by atoms with Gasteiger partial charge in [-0.25, -0.2) is 4.79 Å². The van der Waals surface area contributed by atoms with Crippen LogP contribution in [0.3, 0.4) is 0 Å². The quantitative estimate of drug-likeness (QED) is 0.0521. The van der Waals surface area contributed by atoms with E-state index in [1.54, 1.807) is 0 Å². The van der Waals surface area contributed by atoms with Crippen molar-refractivity contribution in [3.63, 3.8) is 0 Å². The first-order chi connectivity index (χ1) is 27.0. The number of fused-ring (bicyclic) bond motifs is 1. The molecule has 5 atom stereocenters. The zero-order chi connectivity index (χ0) is 40.7. The average Bonchev–Trinajstić information content (AvgIpc) is 3.19. The second-order valence-electron chi connectivity index (χ2n) is 15.8. The Morgan fingerprint density at radius 2 is 1.36 bits per heavy atom. The molecule has 10 nitrogen and oxygen atoms in total. The number of benzene rings is 3. The highest BCUT2D eigenvalue weighted by Crippen LogP contribution is 2.21. The Hall–Kier alpha value is -4.44. The maximum Gasteiger partial charge on any atom is 0.408 e. The molecule has 0 spiro atoms. The number of ether oxygens (including phenoxy) is 1. The number of aliphatic hydroxyl groups excluding tert-OH is 1. The summed E-state index contributed by atoms with van der Waals surface area (Å²) in [5.41, 5.74) is 1.67. The third kappa shape index (κ3) is 17.1. The molecule has 0 saturated carbocycles. The largest absolute Gasteiger partial charge is 0.445 e. The van der Waals surface area contributed by atoms with E-state index in [0.717, 1.165) is 47.6 Å². The molecule has 0 bridgehead atoms. The van der Waals surface area contributed by atoms with Crippen molar-refractivity contribution in [3.05, 3.63) is 83.9 Å². The van der Waals surface area contributed by atoms with E-state index in [4.69, 9.17) is 4.74 Å². The summed E-state index contributed by atoms with van der Waals surface area (Å²) in [6.07, 6.45) is 8.49. The molecule has 1 unspecified atom stereocenters. The molecule has 4 amide bonds. The van der Waals surface area contributed by atoms with Crippen molar-refractivity contribution in [2.75, 3.05) is 6.54 Å². The van der Waals surface area contributed by atoms with Crippen molar-refractivity contribution in [1.82, 2.24) is 21.3 Å². The van der Waals surface area contributed by atoms with Crippen molar-refractivity contribution in [2.45, 2.75) is 149 Å². The van der Waals surface area contributed by atoms with Gasteiger partial charge >= 0.3 is 6.09 Å². The highest BCUT2D eigenvalue weighted by atomic mass is 16.5. The predicted octanol–water partition coefficient (Wildman–Crippen LogP) is 8.14. The number of carbonyl (C=O) groups excluding carboxylic acids is 4. The Morgan fingerprint density at radius 1 is 0.714 bits per heavy atom. The van der Waals surface area contributed by atoms with E-state index in [1.165, 1.54) is 25.7 Å². The molecule has 3 aromatic carbocycles. The Kier molecular flexibility index (Phi) is 21.1. The summed E-state index contributed by atoms with van der Waals surface area (Å²) < 4.78 is 5.53. The number of alkyl carbamates (subject to hydrolysis) is 1. The summed E-state index contributed by atoms with van der Waals surface area (Å²) >= 11 is 0. The molecule has 0 aliphatic heterocycles. The first-order valence-corrected chi connectivity index (χ1v) is 21.0. The minimum atomic E-state index is -1.11. The molecule has 3 rings (SSSR count). The topological polar surface area (TPSA) is 146 Å². The SMILES string of the molecule is CCCCCCCCCC[C@H](NC(=O)[C@H](Cc1cccc2ccccc12)NC(=O)OCc1ccccc1)C(=O)N[C@@H](CC(C)C)[C@@H](O)CC(=O)NCC(C)CC. The zero-order valence-electron chi connectivity index (χ0n) is 34.5. The van der Waals surface area contributed by atoms with Crippen LogP contribution in [0.25, 0.3) is 10.8 Å². The van der Waals surface area contributed by atoms with Gasteiger partial charge in [-0.1, -0.05) is 165 Å². The van der Waals surface area contributed by atoms with Gasteiger partial charge in [0.05, 0.1) is 18.6 Å². The highest BCUT2D eigenvalue weighted by Gasteiger charge is 2.31.